The zero-order valence-electron chi connectivity index (χ0n) is 13.8. The molecule has 0 bridgehead atoms. The molecule has 0 fully saturated rings. The molecular formula is C20H19BrN2O. The van der Waals surface area contributed by atoms with E-state index in [1.807, 2.05) is 30.3 Å². The first-order chi connectivity index (χ1) is 11.6. The molecule has 3 nitrogen and oxygen atoms in total. The Balaban J connectivity index is 2.25. The number of allylic oxidation sites excluding steroid dienone is 1. The van der Waals surface area contributed by atoms with E-state index in [0.717, 1.165) is 28.8 Å². The topological polar surface area (TPSA) is 44.1 Å². The zero-order chi connectivity index (χ0) is 17.5. The third-order valence-corrected chi connectivity index (χ3v) is 4.33. The van der Waals surface area contributed by atoms with Crippen LogP contribution in [0.3, 0.4) is 0 Å². The van der Waals surface area contributed by atoms with Gasteiger partial charge in [0, 0.05) is 28.8 Å². The van der Waals surface area contributed by atoms with Crippen molar-refractivity contribution in [2.75, 3.05) is 18.0 Å². The second kappa shape index (κ2) is 8.47. The van der Waals surface area contributed by atoms with Crippen LogP contribution < -0.4 is 4.90 Å². The third-order valence-electron chi connectivity index (χ3n) is 3.80. The molecule has 122 valence electrons. The monoisotopic (exact) mass is 382 g/mol. The number of anilines is 1. The van der Waals surface area contributed by atoms with Gasteiger partial charge in [-0.2, -0.15) is 5.26 Å². The van der Waals surface area contributed by atoms with Crippen molar-refractivity contribution in [2.45, 2.75) is 13.8 Å². The molecule has 0 unspecified atom stereocenters. The first kappa shape index (κ1) is 18.0. The Bertz CT molecular complexity index is 767. The van der Waals surface area contributed by atoms with Gasteiger partial charge in [0.25, 0.3) is 0 Å². The Kier molecular flexibility index (Phi) is 6.34. The standard InChI is InChI=1S/C20H19BrN2O/c1-3-23(4-2)19-11-5-15(6-12-19)13-17(14-22)20(24)16-7-9-18(21)10-8-16/h5-13H,3-4H2,1-2H3. The molecule has 0 saturated carbocycles. The van der Waals surface area contributed by atoms with Crippen molar-refractivity contribution in [2.24, 2.45) is 0 Å². The van der Waals surface area contributed by atoms with Crippen molar-refractivity contribution < 1.29 is 4.79 Å². The van der Waals surface area contributed by atoms with Crippen molar-refractivity contribution in [1.82, 2.24) is 0 Å². The van der Waals surface area contributed by atoms with Crippen molar-refractivity contribution in [1.29, 1.82) is 5.26 Å². The number of carbonyl (C=O) groups is 1. The number of benzene rings is 2. The summed E-state index contributed by atoms with van der Waals surface area (Å²) in [7, 11) is 0. The molecule has 0 heterocycles. The lowest BCUT2D eigenvalue weighted by Crippen LogP contribution is -2.21. The summed E-state index contributed by atoms with van der Waals surface area (Å²) in [6.07, 6.45) is 1.64. The third kappa shape index (κ3) is 4.33. The van der Waals surface area contributed by atoms with Crippen LogP contribution in [0.1, 0.15) is 29.8 Å². The number of carbonyl (C=O) groups excluding carboxylic acids is 1. The van der Waals surface area contributed by atoms with Crippen LogP contribution in [0.2, 0.25) is 0 Å². The number of ketones is 1. The lowest BCUT2D eigenvalue weighted by atomic mass is 10.0. The van der Waals surface area contributed by atoms with Crippen molar-refractivity contribution in [3.05, 3.63) is 69.7 Å². The summed E-state index contributed by atoms with van der Waals surface area (Å²) in [5, 5.41) is 9.34. The maximum atomic E-state index is 12.4. The molecule has 4 heteroatoms. The van der Waals surface area contributed by atoms with Gasteiger partial charge in [0.1, 0.15) is 11.6 Å². The first-order valence-corrected chi connectivity index (χ1v) is 8.65. The van der Waals surface area contributed by atoms with E-state index in [0.29, 0.717) is 5.56 Å². The highest BCUT2D eigenvalue weighted by molar-refractivity contribution is 9.10. The second-order valence-corrected chi connectivity index (χ2v) is 6.19. The first-order valence-electron chi connectivity index (χ1n) is 7.86. The van der Waals surface area contributed by atoms with E-state index in [2.05, 4.69) is 34.7 Å². The van der Waals surface area contributed by atoms with Crippen molar-refractivity contribution in [3.8, 4) is 6.07 Å². The maximum Gasteiger partial charge on any atom is 0.203 e. The Hall–Kier alpha value is -2.38. The lowest BCUT2D eigenvalue weighted by molar-refractivity contribution is 0.104. The minimum absolute atomic E-state index is 0.132. The SMILES string of the molecule is CCN(CC)c1ccc(C=C(C#N)C(=O)c2ccc(Br)cc2)cc1. The van der Waals surface area contributed by atoms with Crippen molar-refractivity contribution >= 4 is 33.5 Å². The fourth-order valence-electron chi connectivity index (χ4n) is 2.44. The van der Waals surface area contributed by atoms with Gasteiger partial charge < -0.3 is 4.90 Å². The fourth-order valence-corrected chi connectivity index (χ4v) is 2.71. The Morgan fingerprint density at radius 1 is 1.08 bits per heavy atom. The van der Waals surface area contributed by atoms with Crippen LogP contribution in [0.4, 0.5) is 5.69 Å². The molecule has 0 spiro atoms. The molecule has 0 radical (unpaired) electrons. The quantitative estimate of drug-likeness (QED) is 0.397. The van der Waals surface area contributed by atoms with Gasteiger partial charge in [-0.1, -0.05) is 28.1 Å². The summed E-state index contributed by atoms with van der Waals surface area (Å²) >= 11 is 3.34. The number of hydrogen-bond acceptors (Lipinski definition) is 3. The average molecular weight is 383 g/mol. The molecule has 24 heavy (non-hydrogen) atoms. The number of Topliss-reactive ketones (excluding diaryl/α,β-unsaturated/α-hetero) is 1. The Morgan fingerprint density at radius 3 is 2.17 bits per heavy atom. The van der Waals surface area contributed by atoms with Gasteiger partial charge in [-0.15, -0.1) is 0 Å². The summed E-state index contributed by atoms with van der Waals surface area (Å²) in [6, 6.07) is 16.9. The fraction of sp³-hybridized carbons (Fsp3) is 0.200. The predicted octanol–water partition coefficient (Wildman–Crippen LogP) is 5.09. The molecule has 0 atom stereocenters. The van der Waals surface area contributed by atoms with Gasteiger partial charge in [-0.05, 0) is 61.9 Å². The molecule has 0 aliphatic rings. The van der Waals surface area contributed by atoms with Crippen LogP contribution in [-0.2, 0) is 0 Å². The summed E-state index contributed by atoms with van der Waals surface area (Å²) < 4.78 is 0.897. The molecule has 0 aliphatic heterocycles. The summed E-state index contributed by atoms with van der Waals surface area (Å²) in [5.74, 6) is -0.266. The highest BCUT2D eigenvalue weighted by Crippen LogP contribution is 2.19. The predicted molar refractivity (Wildman–Crippen MR) is 102 cm³/mol. The normalized spacial score (nSPS) is 11.0. The van der Waals surface area contributed by atoms with Crippen LogP contribution in [0, 0.1) is 11.3 Å². The zero-order valence-corrected chi connectivity index (χ0v) is 15.4. The molecule has 2 rings (SSSR count). The van der Waals surface area contributed by atoms with Gasteiger partial charge >= 0.3 is 0 Å². The van der Waals surface area contributed by atoms with E-state index in [9.17, 15) is 10.1 Å². The average Bonchev–Trinajstić information content (AvgIpc) is 2.62. The summed E-state index contributed by atoms with van der Waals surface area (Å²) in [6.45, 7) is 6.11. The van der Waals surface area contributed by atoms with Gasteiger partial charge in [-0.25, -0.2) is 0 Å². The number of nitrogens with zero attached hydrogens (tertiary/aromatic N) is 2. The van der Waals surface area contributed by atoms with Gasteiger partial charge in [0.2, 0.25) is 5.78 Å². The highest BCUT2D eigenvalue weighted by Gasteiger charge is 2.12. The number of halogens is 1. The summed E-state index contributed by atoms with van der Waals surface area (Å²) in [5.41, 5.74) is 2.61. The number of hydrogen-bond donors (Lipinski definition) is 0. The van der Waals surface area contributed by atoms with Crippen LogP contribution in [0.15, 0.2) is 58.6 Å². The highest BCUT2D eigenvalue weighted by atomic mass is 79.9. The van der Waals surface area contributed by atoms with E-state index in [1.54, 1.807) is 30.3 Å². The van der Waals surface area contributed by atoms with Crippen LogP contribution in [0.5, 0.6) is 0 Å². The van der Waals surface area contributed by atoms with Gasteiger partial charge in [-0.3, -0.25) is 4.79 Å². The molecule has 0 aromatic heterocycles. The van der Waals surface area contributed by atoms with E-state index < -0.39 is 0 Å². The van der Waals surface area contributed by atoms with Gasteiger partial charge in [0.05, 0.1) is 0 Å². The lowest BCUT2D eigenvalue weighted by Gasteiger charge is -2.20. The minimum atomic E-state index is -0.266. The van der Waals surface area contributed by atoms with Gasteiger partial charge in [0.15, 0.2) is 0 Å². The molecular weight excluding hydrogens is 364 g/mol. The summed E-state index contributed by atoms with van der Waals surface area (Å²) in [4.78, 5) is 14.7. The maximum absolute atomic E-state index is 12.4. The number of rotatable bonds is 6. The van der Waals surface area contributed by atoms with Crippen LogP contribution in [-0.4, -0.2) is 18.9 Å². The van der Waals surface area contributed by atoms with E-state index in [1.165, 1.54) is 0 Å². The largest absolute Gasteiger partial charge is 0.372 e. The van der Waals surface area contributed by atoms with Crippen LogP contribution >= 0.6 is 15.9 Å². The Morgan fingerprint density at radius 2 is 1.67 bits per heavy atom. The molecule has 2 aromatic carbocycles. The second-order valence-electron chi connectivity index (χ2n) is 5.27. The smallest absolute Gasteiger partial charge is 0.203 e. The molecule has 2 aromatic rings. The molecule has 0 saturated heterocycles. The molecule has 0 aliphatic carbocycles. The Labute approximate surface area is 151 Å². The molecule has 0 amide bonds. The van der Waals surface area contributed by atoms with E-state index in [4.69, 9.17) is 0 Å². The van der Waals surface area contributed by atoms with E-state index >= 15 is 0 Å². The minimum Gasteiger partial charge on any atom is -0.372 e. The molecule has 0 N–H and O–H groups in total. The van der Waals surface area contributed by atoms with Crippen LogP contribution in [0.25, 0.3) is 6.08 Å². The van der Waals surface area contributed by atoms with Crippen molar-refractivity contribution in [3.63, 3.8) is 0 Å². The number of nitriles is 1. The van der Waals surface area contributed by atoms with E-state index in [-0.39, 0.29) is 11.4 Å².